The lowest BCUT2D eigenvalue weighted by Gasteiger charge is -2.44. The van der Waals surface area contributed by atoms with Crippen LogP contribution in [0.5, 0.6) is 0 Å². The van der Waals surface area contributed by atoms with Gasteiger partial charge in [-0.2, -0.15) is 0 Å². The van der Waals surface area contributed by atoms with Crippen LogP contribution in [-0.4, -0.2) is 58.8 Å². The van der Waals surface area contributed by atoms with Gasteiger partial charge in [-0.15, -0.1) is 0 Å². The molecular weight excluding hydrogens is 482 g/mol. The van der Waals surface area contributed by atoms with Crippen LogP contribution < -0.4 is 5.11 Å². The maximum atomic E-state index is 11.9. The number of carboxylic acids is 3. The van der Waals surface area contributed by atoms with Crippen LogP contribution >= 0.6 is 0 Å². The zero-order chi connectivity index (χ0) is 28.8. The molecule has 0 saturated heterocycles. The molecule has 0 aliphatic heterocycles. The van der Waals surface area contributed by atoms with Crippen LogP contribution in [0.3, 0.4) is 0 Å². The molecule has 0 saturated carbocycles. The highest BCUT2D eigenvalue weighted by Crippen LogP contribution is 2.25. The molecule has 0 aliphatic carbocycles. The van der Waals surface area contributed by atoms with Crippen molar-refractivity contribution in [3.63, 3.8) is 0 Å². The highest BCUT2D eigenvalue weighted by molar-refractivity contribution is 5.70. The van der Waals surface area contributed by atoms with E-state index in [1.807, 2.05) is 13.8 Å². The molecule has 222 valence electrons. The summed E-state index contributed by atoms with van der Waals surface area (Å²) in [5.41, 5.74) is 0. The normalized spacial score (nSPS) is 15.7. The van der Waals surface area contributed by atoms with Gasteiger partial charge in [-0.3, -0.25) is 9.59 Å². The minimum Gasteiger partial charge on any atom is -0.550 e. The number of hydrogen-bond donors (Lipinski definition) is 2. The van der Waals surface area contributed by atoms with Gasteiger partial charge in [-0.25, -0.2) is 0 Å². The van der Waals surface area contributed by atoms with Gasteiger partial charge >= 0.3 is 11.9 Å². The lowest BCUT2D eigenvalue weighted by Crippen LogP contribution is -2.59. The fraction of sp³-hybridized carbons (Fsp3) is 0.839. The van der Waals surface area contributed by atoms with E-state index in [4.69, 9.17) is 0 Å². The zero-order valence-corrected chi connectivity index (χ0v) is 24.8. The molecule has 0 fully saturated rings. The van der Waals surface area contributed by atoms with E-state index >= 15 is 0 Å². The van der Waals surface area contributed by atoms with E-state index < -0.39 is 35.7 Å². The standard InChI is InChI=1S/C31H57NO6/c1-5-9-10-11-12-13-14-15-16-17-18-19-20-21-22-32(23-26(6-2)29(33)34,24-27(7-3)30(35)36)25-28(8-4)31(37)38/h17-18,26-28H,5-16,19-25H2,1-4H3,(H2-,33,34,35,36,37,38)/b18-17+. The van der Waals surface area contributed by atoms with Gasteiger partial charge in [-0.1, -0.05) is 84.8 Å². The minimum atomic E-state index is -1.15. The number of aliphatic carboxylic acids is 3. The van der Waals surface area contributed by atoms with Crippen LogP contribution in [0.4, 0.5) is 0 Å². The zero-order valence-electron chi connectivity index (χ0n) is 24.8. The number of nitrogens with zero attached hydrogens (tertiary/aromatic N) is 1. The van der Waals surface area contributed by atoms with Crippen LogP contribution in [0, 0.1) is 17.8 Å². The van der Waals surface area contributed by atoms with Gasteiger partial charge in [-0.05, 0) is 51.4 Å². The number of unbranched alkanes of at least 4 members (excludes halogenated alkanes) is 10. The second-order valence-corrected chi connectivity index (χ2v) is 11.2. The summed E-state index contributed by atoms with van der Waals surface area (Å²) < 4.78 is 0.198. The number of quaternary nitrogens is 1. The minimum absolute atomic E-state index is 0.198. The van der Waals surface area contributed by atoms with E-state index in [-0.39, 0.29) is 24.1 Å². The van der Waals surface area contributed by atoms with Crippen LogP contribution in [0.15, 0.2) is 12.2 Å². The first kappa shape index (κ1) is 36.1. The largest absolute Gasteiger partial charge is 0.550 e. The third-order valence-corrected chi connectivity index (χ3v) is 7.98. The van der Waals surface area contributed by atoms with Gasteiger partial charge < -0.3 is 24.6 Å². The first-order chi connectivity index (χ1) is 18.2. The van der Waals surface area contributed by atoms with Crippen molar-refractivity contribution < 1.29 is 34.2 Å². The van der Waals surface area contributed by atoms with E-state index in [9.17, 15) is 29.7 Å². The van der Waals surface area contributed by atoms with E-state index in [0.717, 1.165) is 25.7 Å². The number of carbonyl (C=O) groups is 3. The molecule has 2 N–H and O–H groups in total. The van der Waals surface area contributed by atoms with Crippen molar-refractivity contribution in [3.05, 3.63) is 12.2 Å². The molecule has 38 heavy (non-hydrogen) atoms. The molecule has 0 heterocycles. The maximum Gasteiger partial charge on any atom is 0.312 e. The summed E-state index contributed by atoms with van der Waals surface area (Å²) in [6.45, 7) is 8.92. The Labute approximate surface area is 232 Å². The van der Waals surface area contributed by atoms with Crippen molar-refractivity contribution in [3.8, 4) is 0 Å². The summed E-state index contributed by atoms with van der Waals surface area (Å²) >= 11 is 0. The topological polar surface area (TPSA) is 115 Å². The number of allylic oxidation sites excluding steroid dienone is 2. The second kappa shape index (κ2) is 22.0. The predicted molar refractivity (Wildman–Crippen MR) is 152 cm³/mol. The Balaban J connectivity index is 5.12. The summed E-state index contributed by atoms with van der Waals surface area (Å²) in [7, 11) is 0. The van der Waals surface area contributed by atoms with Crippen molar-refractivity contribution in [1.29, 1.82) is 0 Å². The number of rotatable bonds is 26. The Morgan fingerprint density at radius 3 is 1.42 bits per heavy atom. The Morgan fingerprint density at radius 2 is 1.03 bits per heavy atom. The molecule has 0 aromatic carbocycles. The highest BCUT2D eigenvalue weighted by atomic mass is 16.4. The molecule has 0 aromatic heterocycles. The highest BCUT2D eigenvalue weighted by Gasteiger charge is 2.39. The first-order valence-corrected chi connectivity index (χ1v) is 15.3. The van der Waals surface area contributed by atoms with Crippen LogP contribution in [0.1, 0.15) is 124 Å². The summed E-state index contributed by atoms with van der Waals surface area (Å²) in [6, 6.07) is 0. The Morgan fingerprint density at radius 1 is 0.632 bits per heavy atom. The molecule has 7 heteroatoms. The lowest BCUT2D eigenvalue weighted by molar-refractivity contribution is -0.935. The van der Waals surface area contributed by atoms with E-state index in [1.165, 1.54) is 51.4 Å². The first-order valence-electron chi connectivity index (χ1n) is 15.3. The molecule has 3 atom stereocenters. The molecule has 0 aromatic rings. The Bertz CT molecular complexity index is 617. The number of hydrogen-bond acceptors (Lipinski definition) is 4. The third-order valence-electron chi connectivity index (χ3n) is 7.98. The number of carboxylic acid groups (broad SMARTS) is 3. The SMILES string of the molecule is CCCCCCCCCC/C=C/CCCC[N+](CC(CC)C(=O)[O-])(CC(CC)C(=O)O)CC(CC)C(=O)O. The van der Waals surface area contributed by atoms with Crippen molar-refractivity contribution >= 4 is 17.9 Å². The monoisotopic (exact) mass is 539 g/mol. The van der Waals surface area contributed by atoms with Crippen molar-refractivity contribution in [1.82, 2.24) is 0 Å². The van der Waals surface area contributed by atoms with Crippen molar-refractivity contribution in [2.24, 2.45) is 17.8 Å². The lowest BCUT2D eigenvalue weighted by atomic mass is 9.95. The van der Waals surface area contributed by atoms with Gasteiger partial charge in [0.15, 0.2) is 0 Å². The van der Waals surface area contributed by atoms with Crippen molar-refractivity contribution in [2.75, 3.05) is 26.2 Å². The van der Waals surface area contributed by atoms with E-state index in [1.54, 1.807) is 6.92 Å². The summed E-state index contributed by atoms with van der Waals surface area (Å²) in [4.78, 5) is 35.7. The van der Waals surface area contributed by atoms with Gasteiger partial charge in [0.1, 0.15) is 11.8 Å². The molecule has 0 radical (unpaired) electrons. The Hall–Kier alpha value is -1.89. The summed E-state index contributed by atoms with van der Waals surface area (Å²) in [5.74, 6) is -5.00. The van der Waals surface area contributed by atoms with Gasteiger partial charge in [0.2, 0.25) is 0 Å². The smallest absolute Gasteiger partial charge is 0.312 e. The van der Waals surface area contributed by atoms with Crippen molar-refractivity contribution in [2.45, 2.75) is 124 Å². The molecule has 0 bridgehead atoms. The third kappa shape index (κ3) is 16.2. The Kier molecular flexibility index (Phi) is 20.9. The summed E-state index contributed by atoms with van der Waals surface area (Å²) in [5, 5.41) is 31.4. The van der Waals surface area contributed by atoms with Crippen LogP contribution in [0.2, 0.25) is 0 Å². The average molecular weight is 540 g/mol. The average Bonchev–Trinajstić information content (AvgIpc) is 2.88. The molecular formula is C31H57NO6. The quantitative estimate of drug-likeness (QED) is 0.0784. The van der Waals surface area contributed by atoms with Gasteiger partial charge in [0, 0.05) is 5.92 Å². The van der Waals surface area contributed by atoms with E-state index in [2.05, 4.69) is 19.1 Å². The molecule has 3 unspecified atom stereocenters. The number of carbonyl (C=O) groups excluding carboxylic acids is 1. The molecule has 0 aliphatic rings. The van der Waals surface area contributed by atoms with Crippen LogP contribution in [-0.2, 0) is 14.4 Å². The van der Waals surface area contributed by atoms with Gasteiger partial charge in [0.25, 0.3) is 0 Å². The molecule has 0 spiro atoms. The summed E-state index contributed by atoms with van der Waals surface area (Å²) in [6.07, 6.45) is 19.8. The molecule has 0 rings (SSSR count). The molecule has 7 nitrogen and oxygen atoms in total. The van der Waals surface area contributed by atoms with E-state index in [0.29, 0.717) is 25.8 Å². The fourth-order valence-electron chi connectivity index (χ4n) is 5.38. The predicted octanol–water partition coefficient (Wildman–Crippen LogP) is 6.06. The fourth-order valence-corrected chi connectivity index (χ4v) is 5.38. The van der Waals surface area contributed by atoms with Crippen LogP contribution in [0.25, 0.3) is 0 Å². The molecule has 0 amide bonds. The maximum absolute atomic E-state index is 11.9. The second-order valence-electron chi connectivity index (χ2n) is 11.2. The van der Waals surface area contributed by atoms with Gasteiger partial charge in [0.05, 0.1) is 32.1 Å².